The molecule has 0 rings (SSSR count). The summed E-state index contributed by atoms with van der Waals surface area (Å²) in [6.07, 6.45) is 4.02. The number of nitrogens with one attached hydrogen (secondary N) is 1. The second-order valence-electron chi connectivity index (χ2n) is 5.89. The van der Waals surface area contributed by atoms with E-state index in [0.29, 0.717) is 24.8 Å². The van der Waals surface area contributed by atoms with Gasteiger partial charge in [-0.2, -0.15) is 25.3 Å². The Morgan fingerprint density at radius 2 is 1.52 bits per heavy atom. The minimum absolute atomic E-state index is 0.0404. The summed E-state index contributed by atoms with van der Waals surface area (Å²) >= 11 is 8.61. The number of carbonyl (C=O) groups excluding carboxylic acids is 1. The average Bonchev–Trinajstić information content (AvgIpc) is 2.53. The lowest BCUT2D eigenvalue weighted by Gasteiger charge is -2.20. The van der Waals surface area contributed by atoms with E-state index in [4.69, 9.17) is 10.2 Å². The van der Waals surface area contributed by atoms with Crippen molar-refractivity contribution in [1.29, 1.82) is 0 Å². The van der Waals surface area contributed by atoms with E-state index in [1.165, 1.54) is 0 Å². The van der Waals surface area contributed by atoms with Gasteiger partial charge < -0.3 is 20.4 Å². The number of amides is 1. The number of unbranched alkanes of at least 4 members (excludes halogenated alkanes) is 1. The Balaban J connectivity index is 3.90. The lowest BCUT2D eigenvalue weighted by Crippen LogP contribution is -2.37. The number of nitrogens with zero attached hydrogens (tertiary/aromatic N) is 1. The molecule has 0 spiro atoms. The quantitative estimate of drug-likeness (QED) is 0.201. The van der Waals surface area contributed by atoms with Crippen LogP contribution in [0.4, 0.5) is 0 Å². The largest absolute Gasteiger partial charge is 0.481 e. The number of carbonyl (C=O) groups is 3. The van der Waals surface area contributed by atoms with Crippen LogP contribution < -0.4 is 5.32 Å². The number of hydrogen-bond acceptors (Lipinski definition) is 6. The fourth-order valence-electron chi connectivity index (χ4n) is 2.24. The minimum Gasteiger partial charge on any atom is -0.481 e. The van der Waals surface area contributed by atoms with Crippen molar-refractivity contribution in [1.82, 2.24) is 10.2 Å². The van der Waals surface area contributed by atoms with Gasteiger partial charge in [0.25, 0.3) is 0 Å². The van der Waals surface area contributed by atoms with Crippen molar-refractivity contribution >= 4 is 43.1 Å². The van der Waals surface area contributed by atoms with Crippen molar-refractivity contribution in [2.75, 3.05) is 31.9 Å². The van der Waals surface area contributed by atoms with Gasteiger partial charge in [0, 0.05) is 37.8 Å². The lowest BCUT2D eigenvalue weighted by atomic mass is 10.1. The van der Waals surface area contributed by atoms with Crippen LogP contribution in [0.5, 0.6) is 0 Å². The Hall–Kier alpha value is -0.930. The molecule has 146 valence electrons. The van der Waals surface area contributed by atoms with Crippen molar-refractivity contribution in [2.45, 2.75) is 50.2 Å². The molecule has 0 saturated heterocycles. The van der Waals surface area contributed by atoms with E-state index in [1.807, 2.05) is 0 Å². The van der Waals surface area contributed by atoms with Gasteiger partial charge in [-0.25, -0.2) is 0 Å². The normalized spacial score (nSPS) is 12.1. The highest BCUT2D eigenvalue weighted by molar-refractivity contribution is 7.81. The summed E-state index contributed by atoms with van der Waals surface area (Å²) in [6.45, 7) is 1.36. The second kappa shape index (κ2) is 15.3. The lowest BCUT2D eigenvalue weighted by molar-refractivity contribution is -0.137. The zero-order valence-electron chi connectivity index (χ0n) is 14.5. The van der Waals surface area contributed by atoms with Crippen LogP contribution >= 0.6 is 25.3 Å². The first-order valence-corrected chi connectivity index (χ1v) is 9.71. The standard InChI is InChI=1S/C16H30N2O5S2/c19-14(4-2-1-3-13(25)7-12-24)17-8-11-18(9-5-15(20)21)10-6-16(22)23/h13,24-25H,1-12H2,(H,17,19)(H,20,21)(H,22,23). The Morgan fingerprint density at radius 1 is 0.920 bits per heavy atom. The van der Waals surface area contributed by atoms with E-state index in [1.54, 1.807) is 4.90 Å². The molecule has 0 saturated carbocycles. The van der Waals surface area contributed by atoms with Crippen molar-refractivity contribution in [2.24, 2.45) is 0 Å². The highest BCUT2D eigenvalue weighted by Crippen LogP contribution is 2.12. The van der Waals surface area contributed by atoms with Gasteiger partial charge in [-0.05, 0) is 25.0 Å². The predicted octanol–water partition coefficient (Wildman–Crippen LogP) is 1.53. The van der Waals surface area contributed by atoms with Crippen molar-refractivity contribution < 1.29 is 24.6 Å². The van der Waals surface area contributed by atoms with Crippen LogP contribution in [0.3, 0.4) is 0 Å². The summed E-state index contributed by atoms with van der Waals surface area (Å²) in [4.78, 5) is 34.8. The monoisotopic (exact) mass is 394 g/mol. The van der Waals surface area contributed by atoms with Crippen LogP contribution in [0, 0.1) is 0 Å². The van der Waals surface area contributed by atoms with E-state index in [2.05, 4.69) is 30.6 Å². The summed E-state index contributed by atoms with van der Waals surface area (Å²) in [6, 6.07) is 0. The third-order valence-corrected chi connectivity index (χ3v) is 4.46. The summed E-state index contributed by atoms with van der Waals surface area (Å²) in [5.74, 6) is -1.08. The molecule has 1 atom stereocenters. The first-order valence-electron chi connectivity index (χ1n) is 8.56. The van der Waals surface area contributed by atoms with Gasteiger partial charge >= 0.3 is 11.9 Å². The van der Waals surface area contributed by atoms with Crippen molar-refractivity contribution in [3.05, 3.63) is 0 Å². The Morgan fingerprint density at radius 3 is 2.04 bits per heavy atom. The summed E-state index contributed by atoms with van der Waals surface area (Å²) in [5, 5.41) is 20.6. The number of aliphatic carboxylic acids is 2. The third kappa shape index (κ3) is 16.3. The van der Waals surface area contributed by atoms with Crippen molar-refractivity contribution in [3.63, 3.8) is 0 Å². The Kier molecular flexibility index (Phi) is 14.8. The molecule has 0 bridgehead atoms. The van der Waals surface area contributed by atoms with E-state index >= 15 is 0 Å². The third-order valence-electron chi connectivity index (χ3n) is 3.69. The smallest absolute Gasteiger partial charge is 0.304 e. The molecule has 0 aromatic rings. The molecule has 0 heterocycles. The molecule has 0 aromatic carbocycles. The van der Waals surface area contributed by atoms with Gasteiger partial charge in [0.2, 0.25) is 5.91 Å². The molecular weight excluding hydrogens is 364 g/mol. The van der Waals surface area contributed by atoms with Gasteiger partial charge in [-0.3, -0.25) is 14.4 Å². The molecule has 3 N–H and O–H groups in total. The summed E-state index contributed by atoms with van der Waals surface area (Å²) in [5.41, 5.74) is 0. The zero-order chi connectivity index (χ0) is 19.1. The molecule has 1 unspecified atom stereocenters. The van der Waals surface area contributed by atoms with E-state index < -0.39 is 11.9 Å². The fraction of sp³-hybridized carbons (Fsp3) is 0.812. The molecule has 0 radical (unpaired) electrons. The molecule has 25 heavy (non-hydrogen) atoms. The molecule has 7 nitrogen and oxygen atoms in total. The molecule has 0 aliphatic heterocycles. The van der Waals surface area contributed by atoms with E-state index in [-0.39, 0.29) is 31.8 Å². The minimum atomic E-state index is -0.926. The SMILES string of the molecule is O=C(O)CCN(CCNC(=O)CCCCC(S)CCS)CCC(=O)O. The number of carboxylic acids is 2. The number of thiol groups is 2. The molecule has 0 fully saturated rings. The molecule has 0 aromatic heterocycles. The summed E-state index contributed by atoms with van der Waals surface area (Å²) in [7, 11) is 0. The molecule has 0 aliphatic carbocycles. The Bertz CT molecular complexity index is 392. The van der Waals surface area contributed by atoms with Crippen molar-refractivity contribution in [3.8, 4) is 0 Å². The van der Waals surface area contributed by atoms with E-state index in [0.717, 1.165) is 31.4 Å². The maximum atomic E-state index is 11.8. The average molecular weight is 395 g/mol. The van der Waals surface area contributed by atoms with E-state index in [9.17, 15) is 14.4 Å². The van der Waals surface area contributed by atoms with Crippen LogP contribution in [-0.4, -0.2) is 70.1 Å². The second-order valence-corrected chi connectivity index (χ2v) is 7.07. The Labute approximate surface area is 160 Å². The first kappa shape index (κ1) is 24.1. The van der Waals surface area contributed by atoms with Crippen LogP contribution in [0.25, 0.3) is 0 Å². The van der Waals surface area contributed by atoms with Crippen LogP contribution in [0.2, 0.25) is 0 Å². The fourth-order valence-corrected chi connectivity index (χ4v) is 3.07. The topological polar surface area (TPSA) is 107 Å². The molecule has 1 amide bonds. The highest BCUT2D eigenvalue weighted by atomic mass is 32.1. The maximum absolute atomic E-state index is 11.8. The van der Waals surface area contributed by atoms with Crippen LogP contribution in [0.1, 0.15) is 44.9 Å². The van der Waals surface area contributed by atoms with Gasteiger partial charge in [0.15, 0.2) is 0 Å². The number of carboxylic acid groups (broad SMARTS) is 2. The predicted molar refractivity (Wildman–Crippen MR) is 104 cm³/mol. The van der Waals surface area contributed by atoms with Gasteiger partial charge in [0.05, 0.1) is 12.8 Å². The zero-order valence-corrected chi connectivity index (χ0v) is 16.3. The molecular formula is C16H30N2O5S2. The molecule has 9 heteroatoms. The first-order chi connectivity index (χ1) is 11.8. The maximum Gasteiger partial charge on any atom is 0.304 e. The molecule has 0 aliphatic rings. The summed E-state index contributed by atoms with van der Waals surface area (Å²) < 4.78 is 0. The number of rotatable bonds is 16. The highest BCUT2D eigenvalue weighted by Gasteiger charge is 2.10. The van der Waals surface area contributed by atoms with Gasteiger partial charge in [-0.15, -0.1) is 0 Å². The van der Waals surface area contributed by atoms with Crippen LogP contribution in [0.15, 0.2) is 0 Å². The van der Waals surface area contributed by atoms with Crippen LogP contribution in [-0.2, 0) is 14.4 Å². The van der Waals surface area contributed by atoms with Gasteiger partial charge in [0.1, 0.15) is 0 Å². The van der Waals surface area contributed by atoms with Gasteiger partial charge in [-0.1, -0.05) is 6.42 Å². The number of hydrogen-bond donors (Lipinski definition) is 5.